The highest BCUT2D eigenvalue weighted by Crippen LogP contribution is 2.34. The molecule has 0 aromatic heterocycles. The fourth-order valence-corrected chi connectivity index (χ4v) is 3.04. The molecular weight excluding hydrogens is 351 g/mol. The number of hydrogen-bond donors (Lipinski definition) is 1. The van der Waals surface area contributed by atoms with Crippen LogP contribution in [0.4, 0.5) is 0 Å². The van der Waals surface area contributed by atoms with E-state index >= 15 is 0 Å². The molecule has 0 radical (unpaired) electrons. The van der Waals surface area contributed by atoms with Crippen molar-refractivity contribution in [2.75, 3.05) is 0 Å². The van der Waals surface area contributed by atoms with Crippen LogP contribution in [0.25, 0.3) is 21.9 Å². The van der Waals surface area contributed by atoms with E-state index < -0.39 is 0 Å². The zero-order valence-corrected chi connectivity index (χ0v) is 12.7. The third-order valence-corrected chi connectivity index (χ3v) is 5.02. The van der Waals surface area contributed by atoms with Crippen LogP contribution in [0.2, 0.25) is 0 Å². The van der Waals surface area contributed by atoms with Gasteiger partial charge in [0.25, 0.3) is 0 Å². The van der Waals surface area contributed by atoms with Gasteiger partial charge in [-0.15, -0.1) is 12.6 Å². The Morgan fingerprint density at radius 1 is 0.722 bits per heavy atom. The fraction of sp³-hybridized carbons (Fsp3) is 0. The first-order valence-electron chi connectivity index (χ1n) is 5.73. The van der Waals surface area contributed by atoms with Gasteiger partial charge in [-0.3, -0.25) is 0 Å². The Balaban J connectivity index is 2.35. The summed E-state index contributed by atoms with van der Waals surface area (Å²) in [6.07, 6.45) is 0. The molecule has 3 aromatic carbocycles. The molecule has 3 rings (SSSR count). The number of thiol groups is 1. The lowest BCUT2D eigenvalue weighted by atomic mass is 9.98. The number of halogens is 1. The van der Waals surface area contributed by atoms with E-state index in [0.29, 0.717) is 0 Å². The SMILES string of the molecule is Sc1cccc(-c2cccc3ccccc23)c1I. The second-order valence-electron chi connectivity index (χ2n) is 4.17. The molecule has 0 unspecified atom stereocenters. The molecule has 0 heterocycles. The van der Waals surface area contributed by atoms with Crippen LogP contribution in [0.1, 0.15) is 0 Å². The Bertz CT molecular complexity index is 714. The van der Waals surface area contributed by atoms with Crippen molar-refractivity contribution in [3.05, 3.63) is 64.2 Å². The number of benzene rings is 3. The first kappa shape index (κ1) is 12.1. The van der Waals surface area contributed by atoms with Gasteiger partial charge in [0.1, 0.15) is 0 Å². The maximum absolute atomic E-state index is 4.50. The minimum absolute atomic E-state index is 1.03. The Kier molecular flexibility index (Phi) is 3.31. The summed E-state index contributed by atoms with van der Waals surface area (Å²) >= 11 is 6.87. The van der Waals surface area contributed by atoms with E-state index in [1.807, 2.05) is 6.07 Å². The standard InChI is InChI=1S/C16H11IS/c17-16-14(9-4-10-15(16)18)13-8-3-6-11-5-1-2-7-12(11)13/h1-10,18H. The molecule has 0 aliphatic heterocycles. The van der Waals surface area contributed by atoms with Crippen molar-refractivity contribution in [2.24, 2.45) is 0 Å². The van der Waals surface area contributed by atoms with E-state index in [9.17, 15) is 0 Å². The molecular formula is C16H11IS. The Hall–Kier alpha value is -1.000. The van der Waals surface area contributed by atoms with Gasteiger partial charge in [-0.1, -0.05) is 54.6 Å². The molecule has 0 amide bonds. The van der Waals surface area contributed by atoms with Crippen molar-refractivity contribution in [3.8, 4) is 11.1 Å². The van der Waals surface area contributed by atoms with E-state index in [4.69, 9.17) is 0 Å². The van der Waals surface area contributed by atoms with Gasteiger partial charge >= 0.3 is 0 Å². The summed E-state index contributed by atoms with van der Waals surface area (Å²) in [6.45, 7) is 0. The summed E-state index contributed by atoms with van der Waals surface area (Å²) in [5.41, 5.74) is 2.52. The van der Waals surface area contributed by atoms with Gasteiger partial charge in [0.2, 0.25) is 0 Å². The largest absolute Gasteiger partial charge is 0.142 e. The topological polar surface area (TPSA) is 0 Å². The molecule has 0 aliphatic rings. The van der Waals surface area contributed by atoms with E-state index in [1.54, 1.807) is 0 Å². The number of fused-ring (bicyclic) bond motifs is 1. The van der Waals surface area contributed by atoms with Gasteiger partial charge in [-0.2, -0.15) is 0 Å². The molecule has 2 heteroatoms. The maximum Gasteiger partial charge on any atom is 0.0342 e. The zero-order valence-electron chi connectivity index (χ0n) is 9.60. The average Bonchev–Trinajstić information content (AvgIpc) is 2.41. The predicted octanol–water partition coefficient (Wildman–Crippen LogP) is 5.40. The van der Waals surface area contributed by atoms with Gasteiger partial charge in [0, 0.05) is 8.47 Å². The lowest BCUT2D eigenvalue weighted by Crippen LogP contribution is -1.86. The lowest BCUT2D eigenvalue weighted by molar-refractivity contribution is 1.41. The van der Waals surface area contributed by atoms with E-state index in [-0.39, 0.29) is 0 Å². The molecule has 3 aromatic rings. The molecule has 0 saturated carbocycles. The third kappa shape index (κ3) is 2.04. The molecule has 0 saturated heterocycles. The second kappa shape index (κ2) is 4.94. The van der Waals surface area contributed by atoms with Gasteiger partial charge in [0.05, 0.1) is 0 Å². The summed E-state index contributed by atoms with van der Waals surface area (Å²) in [7, 11) is 0. The quantitative estimate of drug-likeness (QED) is 0.435. The monoisotopic (exact) mass is 362 g/mol. The highest BCUT2D eigenvalue weighted by Gasteiger charge is 2.08. The Labute approximate surface area is 126 Å². The zero-order chi connectivity index (χ0) is 12.5. The second-order valence-corrected chi connectivity index (χ2v) is 5.73. The Morgan fingerprint density at radius 3 is 2.28 bits per heavy atom. The van der Waals surface area contributed by atoms with E-state index in [2.05, 4.69) is 89.8 Å². The van der Waals surface area contributed by atoms with E-state index in [0.717, 1.165) is 4.90 Å². The molecule has 0 spiro atoms. The van der Waals surface area contributed by atoms with Crippen molar-refractivity contribution >= 4 is 46.0 Å². The first-order chi connectivity index (χ1) is 8.77. The van der Waals surface area contributed by atoms with Crippen LogP contribution in [-0.4, -0.2) is 0 Å². The predicted molar refractivity (Wildman–Crippen MR) is 89.4 cm³/mol. The van der Waals surface area contributed by atoms with Crippen molar-refractivity contribution < 1.29 is 0 Å². The third-order valence-electron chi connectivity index (χ3n) is 3.06. The molecule has 18 heavy (non-hydrogen) atoms. The summed E-state index contributed by atoms with van der Waals surface area (Å²) in [5, 5.41) is 2.56. The van der Waals surface area contributed by atoms with Gasteiger partial charge in [-0.05, 0) is 50.6 Å². The van der Waals surface area contributed by atoms with Crippen LogP contribution < -0.4 is 0 Å². The molecule has 0 bridgehead atoms. The lowest BCUT2D eigenvalue weighted by Gasteiger charge is -2.10. The summed E-state index contributed by atoms with van der Waals surface area (Å²) in [6, 6.07) is 21.2. The summed E-state index contributed by atoms with van der Waals surface area (Å²) in [5.74, 6) is 0. The van der Waals surface area contributed by atoms with Gasteiger partial charge in [-0.25, -0.2) is 0 Å². The molecule has 0 aliphatic carbocycles. The normalized spacial score (nSPS) is 10.8. The fourth-order valence-electron chi connectivity index (χ4n) is 2.19. The number of hydrogen-bond acceptors (Lipinski definition) is 1. The highest BCUT2D eigenvalue weighted by atomic mass is 127. The minimum atomic E-state index is 1.03. The van der Waals surface area contributed by atoms with Crippen LogP contribution in [0, 0.1) is 3.57 Å². The van der Waals surface area contributed by atoms with Crippen LogP contribution in [0.5, 0.6) is 0 Å². The van der Waals surface area contributed by atoms with Crippen molar-refractivity contribution in [2.45, 2.75) is 4.90 Å². The van der Waals surface area contributed by atoms with Crippen LogP contribution in [0.3, 0.4) is 0 Å². The van der Waals surface area contributed by atoms with Crippen molar-refractivity contribution in [1.29, 1.82) is 0 Å². The average molecular weight is 362 g/mol. The maximum atomic E-state index is 4.50. The summed E-state index contributed by atoms with van der Waals surface area (Å²) < 4.78 is 1.20. The summed E-state index contributed by atoms with van der Waals surface area (Å²) in [4.78, 5) is 1.03. The number of rotatable bonds is 1. The highest BCUT2D eigenvalue weighted by molar-refractivity contribution is 14.1. The van der Waals surface area contributed by atoms with E-state index in [1.165, 1.54) is 25.5 Å². The van der Waals surface area contributed by atoms with Crippen molar-refractivity contribution in [1.82, 2.24) is 0 Å². The molecule has 0 fully saturated rings. The van der Waals surface area contributed by atoms with Gasteiger partial charge < -0.3 is 0 Å². The smallest absolute Gasteiger partial charge is 0.0342 e. The first-order valence-corrected chi connectivity index (χ1v) is 7.25. The van der Waals surface area contributed by atoms with Crippen molar-refractivity contribution in [3.63, 3.8) is 0 Å². The molecule has 0 N–H and O–H groups in total. The van der Waals surface area contributed by atoms with Gasteiger partial charge in [0.15, 0.2) is 0 Å². The van der Waals surface area contributed by atoms with Crippen LogP contribution in [0.15, 0.2) is 65.6 Å². The molecule has 0 nitrogen and oxygen atoms in total. The minimum Gasteiger partial charge on any atom is -0.142 e. The molecule has 0 atom stereocenters. The Morgan fingerprint density at radius 2 is 1.39 bits per heavy atom. The molecule has 88 valence electrons. The van der Waals surface area contributed by atoms with Crippen LogP contribution >= 0.6 is 35.2 Å². The van der Waals surface area contributed by atoms with Crippen LogP contribution in [-0.2, 0) is 0 Å².